The smallest absolute Gasteiger partial charge is 0.0760 e. The number of hydrogen-bond donors (Lipinski definition) is 2. The average Bonchev–Trinajstić information content (AvgIpc) is 1.99. The van der Waals surface area contributed by atoms with Gasteiger partial charge in [0.1, 0.15) is 0 Å². The van der Waals surface area contributed by atoms with Gasteiger partial charge in [0.05, 0.1) is 6.10 Å². The van der Waals surface area contributed by atoms with Crippen LogP contribution in [0.25, 0.3) is 0 Å². The van der Waals surface area contributed by atoms with Gasteiger partial charge >= 0.3 is 0 Å². The van der Waals surface area contributed by atoms with E-state index in [-0.39, 0.29) is 6.10 Å². The summed E-state index contributed by atoms with van der Waals surface area (Å²) in [7, 11) is 0. The van der Waals surface area contributed by atoms with Crippen LogP contribution in [0.5, 0.6) is 0 Å². The normalized spacial score (nSPS) is 29.9. The highest BCUT2D eigenvalue weighted by Gasteiger charge is 2.10. The van der Waals surface area contributed by atoms with Crippen molar-refractivity contribution in [1.82, 2.24) is 5.32 Å². The second kappa shape index (κ2) is 2.99. The third kappa shape index (κ3) is 1.80. The van der Waals surface area contributed by atoms with Gasteiger partial charge in [0.15, 0.2) is 0 Å². The van der Waals surface area contributed by atoms with E-state index in [0.717, 1.165) is 31.5 Å². The van der Waals surface area contributed by atoms with Gasteiger partial charge in [-0.25, -0.2) is 0 Å². The lowest BCUT2D eigenvalue weighted by Gasteiger charge is -2.06. The van der Waals surface area contributed by atoms with Crippen molar-refractivity contribution in [3.8, 4) is 0 Å². The Morgan fingerprint density at radius 1 is 1.67 bits per heavy atom. The number of hydrogen-bond acceptors (Lipinski definition) is 2. The molecule has 0 aromatic carbocycles. The third-order valence-corrected chi connectivity index (χ3v) is 1.65. The standard InChI is InChI=1S/C7H13NO/c1-6-5-8-4-2-3-7(6)9/h7-9H,1-5H2. The Balaban J connectivity index is 2.41. The van der Waals surface area contributed by atoms with Crippen LogP contribution in [0.4, 0.5) is 0 Å². The van der Waals surface area contributed by atoms with Crippen LogP contribution >= 0.6 is 0 Å². The van der Waals surface area contributed by atoms with Crippen molar-refractivity contribution in [2.24, 2.45) is 0 Å². The SMILES string of the molecule is C=C1CNCCCC1O. The molecule has 1 atom stereocenters. The summed E-state index contributed by atoms with van der Waals surface area (Å²) in [4.78, 5) is 0. The summed E-state index contributed by atoms with van der Waals surface area (Å²) in [6.07, 6.45) is 1.66. The number of aliphatic hydroxyl groups excluding tert-OH is 1. The van der Waals surface area contributed by atoms with E-state index in [4.69, 9.17) is 0 Å². The van der Waals surface area contributed by atoms with E-state index in [1.165, 1.54) is 0 Å². The first kappa shape index (κ1) is 6.78. The minimum Gasteiger partial charge on any atom is -0.389 e. The fourth-order valence-corrected chi connectivity index (χ4v) is 0.991. The zero-order valence-corrected chi connectivity index (χ0v) is 5.56. The monoisotopic (exact) mass is 127 g/mol. The molecule has 1 heterocycles. The maximum absolute atomic E-state index is 9.22. The lowest BCUT2D eigenvalue weighted by Crippen LogP contribution is -2.17. The molecule has 1 aliphatic rings. The Labute approximate surface area is 55.6 Å². The van der Waals surface area contributed by atoms with Crippen molar-refractivity contribution < 1.29 is 5.11 Å². The van der Waals surface area contributed by atoms with Gasteiger partial charge in [-0.2, -0.15) is 0 Å². The topological polar surface area (TPSA) is 32.3 Å². The molecule has 0 aromatic rings. The molecule has 1 unspecified atom stereocenters. The Hall–Kier alpha value is -0.340. The van der Waals surface area contributed by atoms with E-state index in [9.17, 15) is 5.11 Å². The van der Waals surface area contributed by atoms with Crippen LogP contribution < -0.4 is 5.32 Å². The second-order valence-electron chi connectivity index (χ2n) is 2.49. The Bertz CT molecular complexity index is 111. The first-order chi connectivity index (χ1) is 4.30. The Morgan fingerprint density at radius 2 is 2.44 bits per heavy atom. The molecule has 1 fully saturated rings. The van der Waals surface area contributed by atoms with Gasteiger partial charge in [0, 0.05) is 6.54 Å². The molecule has 0 aliphatic carbocycles. The quantitative estimate of drug-likeness (QED) is 0.458. The number of aliphatic hydroxyl groups is 1. The van der Waals surface area contributed by atoms with Crippen molar-refractivity contribution in [3.05, 3.63) is 12.2 Å². The predicted octanol–water partition coefficient (Wildman–Crippen LogP) is 0.287. The first-order valence-corrected chi connectivity index (χ1v) is 3.37. The fourth-order valence-electron chi connectivity index (χ4n) is 0.991. The van der Waals surface area contributed by atoms with Crippen molar-refractivity contribution in [1.29, 1.82) is 0 Å². The molecule has 1 aliphatic heterocycles. The molecule has 9 heavy (non-hydrogen) atoms. The van der Waals surface area contributed by atoms with Crippen LogP contribution in [-0.4, -0.2) is 24.3 Å². The highest BCUT2D eigenvalue weighted by molar-refractivity contribution is 5.04. The molecule has 52 valence electrons. The summed E-state index contributed by atoms with van der Waals surface area (Å²) >= 11 is 0. The maximum Gasteiger partial charge on any atom is 0.0760 e. The third-order valence-electron chi connectivity index (χ3n) is 1.65. The van der Waals surface area contributed by atoms with E-state index >= 15 is 0 Å². The molecule has 2 nitrogen and oxygen atoms in total. The van der Waals surface area contributed by atoms with Gasteiger partial charge in [-0.3, -0.25) is 0 Å². The van der Waals surface area contributed by atoms with Crippen LogP contribution in [0.3, 0.4) is 0 Å². The Kier molecular flexibility index (Phi) is 2.25. The van der Waals surface area contributed by atoms with E-state index in [1.54, 1.807) is 0 Å². The second-order valence-corrected chi connectivity index (χ2v) is 2.49. The van der Waals surface area contributed by atoms with Crippen LogP contribution in [0.1, 0.15) is 12.8 Å². The van der Waals surface area contributed by atoms with E-state index in [1.807, 2.05) is 0 Å². The highest BCUT2D eigenvalue weighted by atomic mass is 16.3. The van der Waals surface area contributed by atoms with Gasteiger partial charge in [0.25, 0.3) is 0 Å². The molecule has 2 N–H and O–H groups in total. The molecule has 0 bridgehead atoms. The Morgan fingerprint density at radius 3 is 3.22 bits per heavy atom. The zero-order chi connectivity index (χ0) is 6.69. The molecule has 0 spiro atoms. The molecular weight excluding hydrogens is 114 g/mol. The predicted molar refractivity (Wildman–Crippen MR) is 37.3 cm³/mol. The molecule has 0 radical (unpaired) electrons. The largest absolute Gasteiger partial charge is 0.389 e. The van der Waals surface area contributed by atoms with Crippen LogP contribution in [0.2, 0.25) is 0 Å². The fraction of sp³-hybridized carbons (Fsp3) is 0.714. The van der Waals surface area contributed by atoms with Crippen LogP contribution in [0, 0.1) is 0 Å². The lowest BCUT2D eigenvalue weighted by molar-refractivity contribution is 0.202. The van der Waals surface area contributed by atoms with Crippen molar-refractivity contribution >= 4 is 0 Å². The molecule has 0 aromatic heterocycles. The van der Waals surface area contributed by atoms with Gasteiger partial charge in [-0.15, -0.1) is 0 Å². The first-order valence-electron chi connectivity index (χ1n) is 3.37. The van der Waals surface area contributed by atoms with Gasteiger partial charge in [-0.05, 0) is 25.0 Å². The lowest BCUT2D eigenvalue weighted by atomic mass is 10.1. The van der Waals surface area contributed by atoms with E-state index in [0.29, 0.717) is 0 Å². The molecular formula is C7H13NO. The van der Waals surface area contributed by atoms with Crippen LogP contribution in [0.15, 0.2) is 12.2 Å². The maximum atomic E-state index is 9.22. The van der Waals surface area contributed by atoms with E-state index < -0.39 is 0 Å². The van der Waals surface area contributed by atoms with Gasteiger partial charge in [0.2, 0.25) is 0 Å². The molecule has 0 amide bonds. The summed E-state index contributed by atoms with van der Waals surface area (Å²) in [6.45, 7) is 5.53. The van der Waals surface area contributed by atoms with Crippen LogP contribution in [-0.2, 0) is 0 Å². The zero-order valence-electron chi connectivity index (χ0n) is 5.56. The highest BCUT2D eigenvalue weighted by Crippen LogP contribution is 2.08. The molecule has 1 saturated heterocycles. The summed E-state index contributed by atoms with van der Waals surface area (Å²) in [5.74, 6) is 0. The summed E-state index contributed by atoms with van der Waals surface area (Å²) < 4.78 is 0. The molecule has 2 heteroatoms. The minimum absolute atomic E-state index is 0.264. The summed E-state index contributed by atoms with van der Waals surface area (Å²) in [6, 6.07) is 0. The minimum atomic E-state index is -0.264. The number of rotatable bonds is 0. The van der Waals surface area contributed by atoms with Crippen molar-refractivity contribution in [2.45, 2.75) is 18.9 Å². The van der Waals surface area contributed by atoms with Gasteiger partial charge in [-0.1, -0.05) is 6.58 Å². The van der Waals surface area contributed by atoms with Gasteiger partial charge < -0.3 is 10.4 Å². The summed E-state index contributed by atoms with van der Waals surface area (Å²) in [5, 5.41) is 12.4. The summed E-state index contributed by atoms with van der Waals surface area (Å²) in [5.41, 5.74) is 0.924. The van der Waals surface area contributed by atoms with Crippen molar-refractivity contribution in [3.63, 3.8) is 0 Å². The average molecular weight is 127 g/mol. The van der Waals surface area contributed by atoms with Crippen molar-refractivity contribution in [2.75, 3.05) is 13.1 Å². The molecule has 1 rings (SSSR count). The van der Waals surface area contributed by atoms with E-state index in [2.05, 4.69) is 11.9 Å². The molecule has 0 saturated carbocycles. The number of nitrogens with one attached hydrogen (secondary N) is 1.